The van der Waals surface area contributed by atoms with E-state index < -0.39 is 0 Å². The minimum Gasteiger partial charge on any atom is -0.408 e. The first-order valence-electron chi connectivity index (χ1n) is 5.29. The molecule has 0 aliphatic rings. The predicted molar refractivity (Wildman–Crippen MR) is 73.1 cm³/mol. The summed E-state index contributed by atoms with van der Waals surface area (Å²) in [6.07, 6.45) is 1.45. The maximum atomic E-state index is 6.01. The van der Waals surface area contributed by atoms with E-state index in [2.05, 4.69) is 15.5 Å². The van der Waals surface area contributed by atoms with Crippen molar-refractivity contribution < 1.29 is 4.42 Å². The molecule has 96 valence electrons. The second-order valence-electron chi connectivity index (χ2n) is 3.54. The van der Waals surface area contributed by atoms with Crippen molar-refractivity contribution in [2.75, 3.05) is 11.2 Å². The molecular formula is C11H10Cl3N3O. The van der Waals surface area contributed by atoms with Crippen LogP contribution in [-0.2, 0) is 6.42 Å². The molecule has 2 rings (SSSR count). The van der Waals surface area contributed by atoms with Crippen LogP contribution in [0.2, 0.25) is 10.0 Å². The van der Waals surface area contributed by atoms with Crippen molar-refractivity contribution >= 4 is 46.5 Å². The molecule has 0 fully saturated rings. The highest BCUT2D eigenvalue weighted by atomic mass is 35.5. The third kappa shape index (κ3) is 3.51. The van der Waals surface area contributed by atoms with Gasteiger partial charge in [-0.3, -0.25) is 0 Å². The molecule has 0 amide bonds. The second kappa shape index (κ2) is 6.27. The second-order valence-corrected chi connectivity index (χ2v) is 4.76. The number of nitrogens with zero attached hydrogens (tertiary/aromatic N) is 2. The molecule has 0 saturated carbocycles. The molecule has 0 saturated heterocycles. The monoisotopic (exact) mass is 305 g/mol. The van der Waals surface area contributed by atoms with E-state index in [0.717, 1.165) is 6.42 Å². The van der Waals surface area contributed by atoms with Crippen LogP contribution in [0, 0.1) is 0 Å². The van der Waals surface area contributed by atoms with E-state index >= 15 is 0 Å². The highest BCUT2D eigenvalue weighted by Gasteiger charge is 2.08. The Morgan fingerprint density at radius 1 is 1.22 bits per heavy atom. The number of halogens is 3. The first-order valence-corrected chi connectivity index (χ1v) is 6.58. The number of rotatable bonds is 5. The average molecular weight is 307 g/mol. The van der Waals surface area contributed by atoms with E-state index in [1.807, 2.05) is 0 Å². The Kier molecular flexibility index (Phi) is 4.69. The van der Waals surface area contributed by atoms with E-state index in [-0.39, 0.29) is 6.01 Å². The van der Waals surface area contributed by atoms with Gasteiger partial charge in [0.25, 0.3) is 0 Å². The van der Waals surface area contributed by atoms with Gasteiger partial charge in [0, 0.05) is 17.3 Å². The molecule has 7 heteroatoms. The van der Waals surface area contributed by atoms with Crippen molar-refractivity contribution in [2.24, 2.45) is 0 Å². The summed E-state index contributed by atoms with van der Waals surface area (Å²) in [5.41, 5.74) is 0.622. The van der Waals surface area contributed by atoms with Gasteiger partial charge in [-0.2, -0.15) is 0 Å². The molecule has 4 nitrogen and oxygen atoms in total. The summed E-state index contributed by atoms with van der Waals surface area (Å²) in [5, 5.41) is 11.8. The topological polar surface area (TPSA) is 51.0 Å². The lowest BCUT2D eigenvalue weighted by atomic mass is 10.3. The standard InChI is InChI=1S/C11H10Cl3N3O/c12-5-1-2-10-16-17-11(18-10)15-9-6-7(13)3-4-8(9)14/h3-4,6H,1-2,5H2,(H,15,17). The number of hydrogen-bond acceptors (Lipinski definition) is 4. The summed E-state index contributed by atoms with van der Waals surface area (Å²) < 4.78 is 5.39. The number of benzene rings is 1. The van der Waals surface area contributed by atoms with Gasteiger partial charge in [0.2, 0.25) is 5.89 Å². The van der Waals surface area contributed by atoms with Crippen molar-refractivity contribution in [3.8, 4) is 0 Å². The molecule has 0 aliphatic heterocycles. The Bertz CT molecular complexity index is 530. The number of alkyl halides is 1. The van der Waals surface area contributed by atoms with Crippen molar-refractivity contribution in [2.45, 2.75) is 12.8 Å². The molecule has 18 heavy (non-hydrogen) atoms. The molecule has 0 bridgehead atoms. The van der Waals surface area contributed by atoms with Gasteiger partial charge in [0.05, 0.1) is 10.7 Å². The molecule has 0 radical (unpaired) electrons. The maximum absolute atomic E-state index is 6.01. The van der Waals surface area contributed by atoms with Crippen molar-refractivity contribution in [1.82, 2.24) is 10.2 Å². The minimum absolute atomic E-state index is 0.281. The lowest BCUT2D eigenvalue weighted by Gasteiger charge is -2.03. The third-order valence-electron chi connectivity index (χ3n) is 2.16. The number of hydrogen-bond donors (Lipinski definition) is 1. The van der Waals surface area contributed by atoms with Crippen LogP contribution < -0.4 is 5.32 Å². The van der Waals surface area contributed by atoms with Crippen LogP contribution in [0.25, 0.3) is 0 Å². The fourth-order valence-corrected chi connectivity index (χ4v) is 1.80. The van der Waals surface area contributed by atoms with Gasteiger partial charge >= 0.3 is 6.01 Å². The van der Waals surface area contributed by atoms with E-state index in [9.17, 15) is 0 Å². The maximum Gasteiger partial charge on any atom is 0.320 e. The number of aryl methyl sites for hydroxylation is 1. The molecular weight excluding hydrogens is 296 g/mol. The number of aromatic nitrogens is 2. The van der Waals surface area contributed by atoms with Gasteiger partial charge in [-0.05, 0) is 24.6 Å². The first kappa shape index (κ1) is 13.5. The lowest BCUT2D eigenvalue weighted by Crippen LogP contribution is -1.91. The molecule has 1 aromatic heterocycles. The SMILES string of the molecule is ClCCCc1nnc(Nc2cc(Cl)ccc2Cl)o1. The van der Waals surface area contributed by atoms with Crippen molar-refractivity contribution in [3.05, 3.63) is 34.1 Å². The minimum atomic E-state index is 0.281. The van der Waals surface area contributed by atoms with E-state index in [0.29, 0.717) is 33.9 Å². The largest absolute Gasteiger partial charge is 0.408 e. The zero-order valence-electron chi connectivity index (χ0n) is 9.29. The summed E-state index contributed by atoms with van der Waals surface area (Å²) in [7, 11) is 0. The fourth-order valence-electron chi connectivity index (χ4n) is 1.33. The van der Waals surface area contributed by atoms with Crippen LogP contribution in [0.5, 0.6) is 0 Å². The van der Waals surface area contributed by atoms with E-state index in [4.69, 9.17) is 39.2 Å². The highest BCUT2D eigenvalue weighted by molar-refractivity contribution is 6.35. The first-order chi connectivity index (χ1) is 8.69. The van der Waals surface area contributed by atoms with Crippen molar-refractivity contribution in [1.29, 1.82) is 0 Å². The Labute approximate surface area is 119 Å². The Hall–Kier alpha value is -0.970. The van der Waals surface area contributed by atoms with Gasteiger partial charge in [0.15, 0.2) is 0 Å². The lowest BCUT2D eigenvalue weighted by molar-refractivity contribution is 0.505. The Morgan fingerprint density at radius 3 is 2.83 bits per heavy atom. The smallest absolute Gasteiger partial charge is 0.320 e. The summed E-state index contributed by atoms with van der Waals surface area (Å²) in [4.78, 5) is 0. The zero-order chi connectivity index (χ0) is 13.0. The van der Waals surface area contributed by atoms with Crippen molar-refractivity contribution in [3.63, 3.8) is 0 Å². The molecule has 0 atom stereocenters. The Balaban J connectivity index is 2.08. The van der Waals surface area contributed by atoms with Crippen LogP contribution >= 0.6 is 34.8 Å². The zero-order valence-corrected chi connectivity index (χ0v) is 11.6. The Morgan fingerprint density at radius 2 is 2.06 bits per heavy atom. The highest BCUT2D eigenvalue weighted by Crippen LogP contribution is 2.27. The number of nitrogens with one attached hydrogen (secondary N) is 1. The van der Waals surface area contributed by atoms with Crippen LogP contribution in [0.4, 0.5) is 11.7 Å². The van der Waals surface area contributed by atoms with Crippen LogP contribution in [0.15, 0.2) is 22.6 Å². The molecule has 1 heterocycles. The average Bonchev–Trinajstić information content (AvgIpc) is 2.79. The van der Waals surface area contributed by atoms with Gasteiger partial charge in [-0.1, -0.05) is 28.3 Å². The predicted octanol–water partition coefficient (Wildman–Crippen LogP) is 4.29. The van der Waals surface area contributed by atoms with E-state index in [1.165, 1.54) is 0 Å². The fraction of sp³-hybridized carbons (Fsp3) is 0.273. The molecule has 0 aliphatic carbocycles. The molecule has 1 aromatic carbocycles. The van der Waals surface area contributed by atoms with Gasteiger partial charge in [-0.25, -0.2) is 0 Å². The van der Waals surface area contributed by atoms with Gasteiger partial charge in [-0.15, -0.1) is 16.7 Å². The molecule has 0 unspecified atom stereocenters. The summed E-state index contributed by atoms with van der Waals surface area (Å²) in [6.45, 7) is 0. The normalized spacial score (nSPS) is 10.6. The number of anilines is 2. The summed E-state index contributed by atoms with van der Waals surface area (Å²) in [6, 6.07) is 5.36. The van der Waals surface area contributed by atoms with E-state index in [1.54, 1.807) is 18.2 Å². The molecule has 1 N–H and O–H groups in total. The molecule has 2 aromatic rings. The van der Waals surface area contributed by atoms with Crippen LogP contribution in [0.1, 0.15) is 12.3 Å². The third-order valence-corrected chi connectivity index (χ3v) is 2.99. The summed E-state index contributed by atoms with van der Waals surface area (Å²) >= 11 is 17.5. The van der Waals surface area contributed by atoms with Crippen LogP contribution in [0.3, 0.4) is 0 Å². The van der Waals surface area contributed by atoms with Gasteiger partial charge in [0.1, 0.15) is 0 Å². The molecule has 0 spiro atoms. The van der Waals surface area contributed by atoms with Crippen LogP contribution in [-0.4, -0.2) is 16.1 Å². The van der Waals surface area contributed by atoms with Gasteiger partial charge < -0.3 is 9.73 Å². The quantitative estimate of drug-likeness (QED) is 0.837. The summed E-state index contributed by atoms with van der Waals surface area (Å²) in [5.74, 6) is 1.10.